The van der Waals surface area contributed by atoms with Gasteiger partial charge in [0.05, 0.1) is 22.8 Å². The predicted octanol–water partition coefficient (Wildman–Crippen LogP) is 6.29. The van der Waals surface area contributed by atoms with Crippen LogP contribution >= 0.6 is 0 Å². The second kappa shape index (κ2) is 8.62. The monoisotopic (exact) mass is 431 g/mol. The topological polar surface area (TPSA) is 35.4 Å². The van der Waals surface area contributed by atoms with E-state index in [0.29, 0.717) is 18.6 Å². The Morgan fingerprint density at radius 3 is 2.00 bits per heavy atom. The molecule has 4 rings (SSSR count). The summed E-state index contributed by atoms with van der Waals surface area (Å²) in [6.07, 6.45) is 1.16. The van der Waals surface area contributed by atoms with E-state index < -0.39 is 28.6 Å². The molecule has 1 heterocycles. The summed E-state index contributed by atoms with van der Waals surface area (Å²) in [5.74, 6) is -4.13. The van der Waals surface area contributed by atoms with Gasteiger partial charge < -0.3 is 4.55 Å². The first-order valence-corrected chi connectivity index (χ1v) is 10.6. The molecule has 2 nitrogen and oxygen atoms in total. The molecular formula is C23H17F4NOS. The van der Waals surface area contributed by atoms with Gasteiger partial charge in [0, 0.05) is 5.71 Å². The number of benzene rings is 3. The molecule has 0 spiro atoms. The van der Waals surface area contributed by atoms with E-state index in [2.05, 4.69) is 4.99 Å². The number of rotatable bonds is 5. The molecule has 1 unspecified atom stereocenters. The molecule has 30 heavy (non-hydrogen) atoms. The highest BCUT2D eigenvalue weighted by Gasteiger charge is 2.25. The largest absolute Gasteiger partial charge is 0.607 e. The zero-order valence-corrected chi connectivity index (χ0v) is 16.5. The van der Waals surface area contributed by atoms with Crippen molar-refractivity contribution in [2.45, 2.75) is 29.5 Å². The Balaban J connectivity index is 1.52. The molecular weight excluding hydrogens is 414 g/mol. The van der Waals surface area contributed by atoms with Gasteiger partial charge in [0.15, 0.2) is 4.90 Å². The van der Waals surface area contributed by atoms with Gasteiger partial charge in [-0.3, -0.25) is 4.99 Å². The predicted molar refractivity (Wildman–Crippen MR) is 109 cm³/mol. The van der Waals surface area contributed by atoms with Crippen LogP contribution in [0, 0.1) is 11.6 Å². The fourth-order valence-electron chi connectivity index (χ4n) is 3.58. The van der Waals surface area contributed by atoms with Gasteiger partial charge in [-0.1, -0.05) is 30.3 Å². The molecule has 2 atom stereocenters. The maximum atomic E-state index is 14.0. The van der Waals surface area contributed by atoms with Crippen molar-refractivity contribution in [2.75, 3.05) is 0 Å². The summed E-state index contributed by atoms with van der Waals surface area (Å²) in [7, 11) is 0. The Morgan fingerprint density at radius 2 is 1.43 bits per heavy atom. The molecule has 3 aromatic carbocycles. The molecule has 0 aliphatic carbocycles. The highest BCUT2D eigenvalue weighted by Crippen LogP contribution is 2.33. The third kappa shape index (κ3) is 4.13. The molecule has 0 N–H and O–H groups in total. The van der Waals surface area contributed by atoms with Crippen LogP contribution in [0.1, 0.15) is 30.0 Å². The zero-order chi connectivity index (χ0) is 21.3. The third-order valence-electron chi connectivity index (χ3n) is 5.09. The average molecular weight is 431 g/mol. The van der Waals surface area contributed by atoms with Crippen molar-refractivity contribution in [1.82, 2.24) is 0 Å². The van der Waals surface area contributed by atoms with Crippen LogP contribution in [0.2, 0.25) is 0 Å². The number of hydrogen-bond acceptors (Lipinski definition) is 2. The van der Waals surface area contributed by atoms with Gasteiger partial charge in [-0.05, 0) is 65.9 Å². The zero-order valence-electron chi connectivity index (χ0n) is 15.7. The Kier molecular flexibility index (Phi) is 5.92. The molecule has 1 aliphatic rings. The highest BCUT2D eigenvalue weighted by atomic mass is 32.2. The van der Waals surface area contributed by atoms with Crippen LogP contribution in [0.25, 0.3) is 11.1 Å². The number of nitrogens with zero attached hydrogens (tertiary/aromatic N) is 1. The first-order chi connectivity index (χ1) is 14.4. The van der Waals surface area contributed by atoms with E-state index in [4.69, 9.17) is 0 Å². The van der Waals surface area contributed by atoms with Gasteiger partial charge in [-0.15, -0.1) is 0 Å². The van der Waals surface area contributed by atoms with Gasteiger partial charge in [0.2, 0.25) is 0 Å². The summed E-state index contributed by atoms with van der Waals surface area (Å²) in [5, 5.41) is 0. The van der Waals surface area contributed by atoms with Crippen LogP contribution in [-0.2, 0) is 11.2 Å². The Labute approximate surface area is 174 Å². The Hall–Kier alpha value is -2.64. The van der Waals surface area contributed by atoms with Gasteiger partial charge in [-0.2, -0.15) is 8.78 Å². The number of halogens is 4. The Morgan fingerprint density at radius 1 is 0.867 bits per heavy atom. The fraction of sp³-hybridized carbons (Fsp3) is 0.174. The second-order valence-corrected chi connectivity index (χ2v) is 8.35. The molecule has 0 radical (unpaired) electrons. The summed E-state index contributed by atoms with van der Waals surface area (Å²) in [6, 6.07) is 17.3. The molecule has 0 aromatic heterocycles. The molecule has 154 valence electrons. The summed E-state index contributed by atoms with van der Waals surface area (Å²) >= 11 is -2.33. The lowest BCUT2D eigenvalue weighted by atomic mass is 9.99. The van der Waals surface area contributed by atoms with E-state index in [0.717, 1.165) is 16.7 Å². The molecule has 3 aromatic rings. The lowest BCUT2D eigenvalue weighted by molar-refractivity contribution is 0.235. The number of alkyl halides is 2. The molecule has 0 saturated heterocycles. The maximum absolute atomic E-state index is 14.0. The van der Waals surface area contributed by atoms with Crippen molar-refractivity contribution >= 4 is 16.9 Å². The molecule has 0 fully saturated rings. The van der Waals surface area contributed by atoms with Crippen molar-refractivity contribution in [3.05, 3.63) is 89.5 Å². The molecule has 0 amide bonds. The minimum Gasteiger partial charge on any atom is -0.607 e. The van der Waals surface area contributed by atoms with Crippen molar-refractivity contribution in [1.29, 1.82) is 0 Å². The summed E-state index contributed by atoms with van der Waals surface area (Å²) < 4.78 is 64.6. The molecule has 0 saturated carbocycles. The standard InChI is InChI=1S/C23H17F4NOS/c24-18-2-1-3-19(25)22(18)21-13-12-20(28-21)16-6-4-14(5-7-16)15-8-10-17(11-9-15)30(29)23(26)27/h1-11,20,23H,12-13H2/t20-,30?/m1/s1. The van der Waals surface area contributed by atoms with Crippen molar-refractivity contribution in [3.63, 3.8) is 0 Å². The highest BCUT2D eigenvalue weighted by molar-refractivity contribution is 7.91. The van der Waals surface area contributed by atoms with E-state index in [-0.39, 0.29) is 16.5 Å². The second-order valence-electron chi connectivity index (χ2n) is 6.93. The van der Waals surface area contributed by atoms with Crippen LogP contribution in [-0.4, -0.2) is 16.0 Å². The van der Waals surface area contributed by atoms with Crippen LogP contribution < -0.4 is 0 Å². The number of hydrogen-bond donors (Lipinski definition) is 0. The third-order valence-corrected chi connectivity index (χ3v) is 6.16. The first-order valence-electron chi connectivity index (χ1n) is 9.34. The lowest BCUT2D eigenvalue weighted by Crippen LogP contribution is -2.11. The summed E-state index contributed by atoms with van der Waals surface area (Å²) in [6.45, 7) is 0. The van der Waals surface area contributed by atoms with E-state index in [1.165, 1.54) is 30.3 Å². The van der Waals surface area contributed by atoms with Crippen molar-refractivity contribution in [3.8, 4) is 11.1 Å². The Bertz CT molecular complexity index is 1050. The quantitative estimate of drug-likeness (QED) is 0.346. The SMILES string of the molecule is [O-][S+](c1ccc(-c2ccc([C@H]3CCC(c4c(F)cccc4F)=N3)cc2)cc1)C(F)F. The smallest absolute Gasteiger partial charge is 0.402 e. The van der Waals surface area contributed by atoms with Gasteiger partial charge in [0.25, 0.3) is 0 Å². The van der Waals surface area contributed by atoms with Crippen molar-refractivity contribution < 1.29 is 22.1 Å². The normalized spacial score (nSPS) is 17.3. The van der Waals surface area contributed by atoms with E-state index >= 15 is 0 Å². The van der Waals surface area contributed by atoms with Gasteiger partial charge in [-0.25, -0.2) is 8.78 Å². The minimum absolute atomic E-state index is 0.0575. The van der Waals surface area contributed by atoms with Crippen LogP contribution in [0.15, 0.2) is 76.6 Å². The van der Waals surface area contributed by atoms with Crippen LogP contribution in [0.4, 0.5) is 17.6 Å². The van der Waals surface area contributed by atoms with E-state index in [9.17, 15) is 22.1 Å². The average Bonchev–Trinajstić information content (AvgIpc) is 3.23. The minimum atomic E-state index is -2.91. The van der Waals surface area contributed by atoms with Crippen LogP contribution in [0.3, 0.4) is 0 Å². The summed E-state index contributed by atoms with van der Waals surface area (Å²) in [5.41, 5.74) is 2.98. The lowest BCUT2D eigenvalue weighted by Gasteiger charge is -2.10. The van der Waals surface area contributed by atoms with E-state index in [1.807, 2.05) is 24.3 Å². The molecule has 1 aliphatic heterocycles. The fourth-order valence-corrected chi connectivity index (χ4v) is 4.19. The van der Waals surface area contributed by atoms with Crippen LogP contribution in [0.5, 0.6) is 0 Å². The van der Waals surface area contributed by atoms with Crippen molar-refractivity contribution in [2.24, 2.45) is 4.99 Å². The molecule has 7 heteroatoms. The van der Waals surface area contributed by atoms with Gasteiger partial charge in [0.1, 0.15) is 11.6 Å². The summed E-state index contributed by atoms with van der Waals surface area (Å²) in [4.78, 5) is 4.61. The molecule has 0 bridgehead atoms. The first kappa shape index (κ1) is 20.6. The maximum Gasteiger partial charge on any atom is 0.402 e. The van der Waals surface area contributed by atoms with Gasteiger partial charge >= 0.3 is 5.76 Å². The number of aliphatic imine (C=N–C) groups is 1. The van der Waals surface area contributed by atoms with E-state index in [1.54, 1.807) is 12.1 Å².